The zero-order valence-electron chi connectivity index (χ0n) is 12.3. The summed E-state index contributed by atoms with van der Waals surface area (Å²) >= 11 is 3.36. The molecular weight excluding hydrogens is 338 g/mol. The molecule has 116 valence electrons. The van der Waals surface area contributed by atoms with Crippen LogP contribution < -0.4 is 4.74 Å². The molecule has 0 aliphatic carbocycles. The number of hydrogen-bond acceptors (Lipinski definition) is 4. The fourth-order valence-electron chi connectivity index (χ4n) is 1.69. The molecule has 0 spiro atoms. The number of esters is 1. The van der Waals surface area contributed by atoms with E-state index in [1.54, 1.807) is 11.9 Å². The Hall–Kier alpha value is -1.56. The number of carbonyl (C=O) groups excluding carboxylic acids is 2. The summed E-state index contributed by atoms with van der Waals surface area (Å²) in [7, 11) is 3.08. The molecular formula is C15H20BrNO4. The first kappa shape index (κ1) is 17.5. The molecule has 0 aromatic heterocycles. The van der Waals surface area contributed by atoms with Crippen molar-refractivity contribution in [3.05, 3.63) is 28.7 Å². The summed E-state index contributed by atoms with van der Waals surface area (Å²) in [5, 5.41) is 0. The second-order valence-electron chi connectivity index (χ2n) is 4.55. The van der Waals surface area contributed by atoms with Crippen LogP contribution >= 0.6 is 15.9 Å². The maximum atomic E-state index is 11.9. The van der Waals surface area contributed by atoms with Crippen molar-refractivity contribution in [2.45, 2.75) is 19.3 Å². The number of halogens is 1. The average Bonchev–Trinajstić information content (AvgIpc) is 2.46. The van der Waals surface area contributed by atoms with Crippen molar-refractivity contribution in [2.24, 2.45) is 0 Å². The summed E-state index contributed by atoms with van der Waals surface area (Å²) in [6.45, 7) is 0.863. The fourth-order valence-corrected chi connectivity index (χ4v) is 2.07. The van der Waals surface area contributed by atoms with E-state index >= 15 is 0 Å². The number of amides is 1. The Kier molecular flexibility index (Phi) is 7.82. The van der Waals surface area contributed by atoms with Gasteiger partial charge in [-0.3, -0.25) is 9.59 Å². The Morgan fingerprint density at radius 2 is 2.05 bits per heavy atom. The minimum Gasteiger partial charge on any atom is -0.493 e. The summed E-state index contributed by atoms with van der Waals surface area (Å²) in [5.41, 5.74) is 0. The summed E-state index contributed by atoms with van der Waals surface area (Å²) < 4.78 is 11.0. The van der Waals surface area contributed by atoms with E-state index in [-0.39, 0.29) is 11.9 Å². The van der Waals surface area contributed by atoms with Crippen LogP contribution in [0.3, 0.4) is 0 Å². The van der Waals surface area contributed by atoms with Gasteiger partial charge in [-0.25, -0.2) is 0 Å². The van der Waals surface area contributed by atoms with Gasteiger partial charge in [-0.1, -0.05) is 22.0 Å². The number of carbonyl (C=O) groups is 2. The zero-order chi connectivity index (χ0) is 15.7. The molecule has 0 bridgehead atoms. The van der Waals surface area contributed by atoms with E-state index in [0.717, 1.165) is 10.2 Å². The van der Waals surface area contributed by atoms with Crippen molar-refractivity contribution in [3.63, 3.8) is 0 Å². The van der Waals surface area contributed by atoms with Crippen molar-refractivity contribution in [1.29, 1.82) is 0 Å². The number of benzene rings is 1. The van der Waals surface area contributed by atoms with Crippen LogP contribution in [0.5, 0.6) is 5.75 Å². The van der Waals surface area contributed by atoms with Gasteiger partial charge in [-0.05, 0) is 24.6 Å². The third-order valence-electron chi connectivity index (χ3n) is 2.91. The molecule has 0 unspecified atom stereocenters. The van der Waals surface area contributed by atoms with Crippen molar-refractivity contribution >= 4 is 27.8 Å². The second-order valence-corrected chi connectivity index (χ2v) is 5.47. The lowest BCUT2D eigenvalue weighted by Crippen LogP contribution is -2.29. The Bertz CT molecular complexity index is 478. The molecule has 21 heavy (non-hydrogen) atoms. The predicted molar refractivity (Wildman–Crippen MR) is 83.1 cm³/mol. The quantitative estimate of drug-likeness (QED) is 0.671. The number of rotatable bonds is 8. The molecule has 0 radical (unpaired) electrons. The van der Waals surface area contributed by atoms with Gasteiger partial charge in [0.25, 0.3) is 0 Å². The van der Waals surface area contributed by atoms with Crippen molar-refractivity contribution < 1.29 is 19.1 Å². The van der Waals surface area contributed by atoms with Gasteiger partial charge in [0.05, 0.1) is 20.1 Å². The number of ether oxygens (including phenoxy) is 2. The standard InChI is InChI=1S/C15H20BrNO4/c1-17(9-4-7-15(19)20-2)14(18)8-10-21-13-6-3-5-12(16)11-13/h3,5-6,11H,4,7-10H2,1-2H3. The molecule has 0 fully saturated rings. The summed E-state index contributed by atoms with van der Waals surface area (Å²) in [6, 6.07) is 7.48. The molecule has 0 heterocycles. The van der Waals surface area contributed by atoms with Gasteiger partial charge < -0.3 is 14.4 Å². The zero-order valence-corrected chi connectivity index (χ0v) is 13.9. The molecule has 0 atom stereocenters. The van der Waals surface area contributed by atoms with Crippen LogP contribution in [-0.2, 0) is 14.3 Å². The molecule has 1 amide bonds. The van der Waals surface area contributed by atoms with Gasteiger partial charge in [0.2, 0.25) is 5.91 Å². The molecule has 1 aromatic carbocycles. The monoisotopic (exact) mass is 357 g/mol. The predicted octanol–water partition coefficient (Wildman–Crippen LogP) is 2.63. The van der Waals surface area contributed by atoms with Crippen molar-refractivity contribution in [2.75, 3.05) is 27.3 Å². The first-order chi connectivity index (χ1) is 10.0. The van der Waals surface area contributed by atoms with E-state index in [1.807, 2.05) is 24.3 Å². The number of nitrogens with zero attached hydrogens (tertiary/aromatic N) is 1. The smallest absolute Gasteiger partial charge is 0.305 e. The normalized spacial score (nSPS) is 10.0. The SMILES string of the molecule is COC(=O)CCCN(C)C(=O)CCOc1cccc(Br)c1. The number of methoxy groups -OCH3 is 1. The third-order valence-corrected chi connectivity index (χ3v) is 3.40. The van der Waals surface area contributed by atoms with E-state index in [4.69, 9.17) is 4.74 Å². The minimum absolute atomic E-state index is 0.00476. The average molecular weight is 358 g/mol. The Morgan fingerprint density at radius 1 is 1.29 bits per heavy atom. The van der Waals surface area contributed by atoms with Gasteiger partial charge in [0.15, 0.2) is 0 Å². The maximum absolute atomic E-state index is 11.9. The highest BCUT2D eigenvalue weighted by Gasteiger charge is 2.10. The van der Waals surface area contributed by atoms with Crippen LogP contribution in [0.1, 0.15) is 19.3 Å². The van der Waals surface area contributed by atoms with E-state index in [2.05, 4.69) is 20.7 Å². The van der Waals surface area contributed by atoms with Gasteiger partial charge in [0, 0.05) is 24.5 Å². The van der Waals surface area contributed by atoms with Gasteiger partial charge in [-0.2, -0.15) is 0 Å². The molecule has 1 aromatic rings. The molecule has 0 aliphatic heterocycles. The van der Waals surface area contributed by atoms with Crippen LogP contribution in [0, 0.1) is 0 Å². The highest BCUT2D eigenvalue weighted by molar-refractivity contribution is 9.10. The van der Waals surface area contributed by atoms with Crippen LogP contribution in [0.2, 0.25) is 0 Å². The molecule has 6 heteroatoms. The maximum Gasteiger partial charge on any atom is 0.305 e. The van der Waals surface area contributed by atoms with Crippen LogP contribution in [0.4, 0.5) is 0 Å². The van der Waals surface area contributed by atoms with Crippen molar-refractivity contribution in [1.82, 2.24) is 4.90 Å². The fraction of sp³-hybridized carbons (Fsp3) is 0.467. The van der Waals surface area contributed by atoms with E-state index in [9.17, 15) is 9.59 Å². The highest BCUT2D eigenvalue weighted by Crippen LogP contribution is 2.17. The second kappa shape index (κ2) is 9.39. The Labute approximate surface area is 133 Å². The molecule has 0 saturated carbocycles. The largest absolute Gasteiger partial charge is 0.493 e. The molecule has 0 N–H and O–H groups in total. The van der Waals surface area contributed by atoms with E-state index < -0.39 is 0 Å². The molecule has 1 rings (SSSR count). The Balaban J connectivity index is 2.22. The van der Waals surface area contributed by atoms with E-state index in [1.165, 1.54) is 7.11 Å². The third kappa shape index (κ3) is 7.13. The van der Waals surface area contributed by atoms with Gasteiger partial charge in [-0.15, -0.1) is 0 Å². The van der Waals surface area contributed by atoms with Gasteiger partial charge >= 0.3 is 5.97 Å². The lowest BCUT2D eigenvalue weighted by atomic mass is 10.3. The summed E-state index contributed by atoms with van der Waals surface area (Å²) in [4.78, 5) is 24.4. The van der Waals surface area contributed by atoms with Crippen molar-refractivity contribution in [3.8, 4) is 5.75 Å². The summed E-state index contributed by atoms with van der Waals surface area (Å²) in [6.07, 6.45) is 1.23. The molecule has 5 nitrogen and oxygen atoms in total. The Morgan fingerprint density at radius 3 is 2.71 bits per heavy atom. The molecule has 0 aliphatic rings. The highest BCUT2D eigenvalue weighted by atomic mass is 79.9. The van der Waals surface area contributed by atoms with Crippen LogP contribution in [0.25, 0.3) is 0 Å². The number of hydrogen-bond donors (Lipinski definition) is 0. The van der Waals surface area contributed by atoms with Crippen LogP contribution in [-0.4, -0.2) is 44.1 Å². The summed E-state index contributed by atoms with van der Waals surface area (Å²) in [5.74, 6) is 0.467. The lowest BCUT2D eigenvalue weighted by molar-refractivity contribution is -0.141. The van der Waals surface area contributed by atoms with Crippen LogP contribution in [0.15, 0.2) is 28.7 Å². The van der Waals surface area contributed by atoms with E-state index in [0.29, 0.717) is 32.4 Å². The first-order valence-corrected chi connectivity index (χ1v) is 7.51. The first-order valence-electron chi connectivity index (χ1n) is 6.72. The topological polar surface area (TPSA) is 55.8 Å². The lowest BCUT2D eigenvalue weighted by Gasteiger charge is -2.17. The van der Waals surface area contributed by atoms with Gasteiger partial charge in [0.1, 0.15) is 5.75 Å². The minimum atomic E-state index is -0.256. The molecule has 0 saturated heterocycles.